The van der Waals surface area contributed by atoms with Gasteiger partial charge in [-0.1, -0.05) is 45.9 Å². The average molecular weight is 353 g/mol. The van der Waals surface area contributed by atoms with Gasteiger partial charge in [-0.15, -0.1) is 0 Å². The SMILES string of the molecule is CC(N)c1ccc(Sc2ccccc2[N+](=O)[O-])cc1Br. The third kappa shape index (κ3) is 3.39. The van der Waals surface area contributed by atoms with Gasteiger partial charge in [-0.2, -0.15) is 0 Å². The summed E-state index contributed by atoms with van der Waals surface area (Å²) in [6, 6.07) is 12.4. The molecule has 0 heterocycles. The second-order valence-electron chi connectivity index (χ2n) is 4.30. The highest BCUT2D eigenvalue weighted by molar-refractivity contribution is 9.10. The van der Waals surface area contributed by atoms with Gasteiger partial charge in [0.05, 0.1) is 9.82 Å². The summed E-state index contributed by atoms with van der Waals surface area (Å²) in [4.78, 5) is 12.2. The zero-order chi connectivity index (χ0) is 14.7. The summed E-state index contributed by atoms with van der Waals surface area (Å²) in [5, 5.41) is 11.0. The lowest BCUT2D eigenvalue weighted by Crippen LogP contribution is -2.05. The van der Waals surface area contributed by atoms with Gasteiger partial charge in [0.15, 0.2) is 0 Å². The summed E-state index contributed by atoms with van der Waals surface area (Å²) < 4.78 is 0.913. The van der Waals surface area contributed by atoms with Crippen LogP contribution in [0, 0.1) is 10.1 Å². The highest BCUT2D eigenvalue weighted by atomic mass is 79.9. The molecule has 0 amide bonds. The second kappa shape index (κ2) is 6.39. The largest absolute Gasteiger partial charge is 0.324 e. The van der Waals surface area contributed by atoms with Gasteiger partial charge < -0.3 is 5.73 Å². The topological polar surface area (TPSA) is 69.2 Å². The summed E-state index contributed by atoms with van der Waals surface area (Å²) in [6.45, 7) is 1.91. The van der Waals surface area contributed by atoms with Gasteiger partial charge in [0.25, 0.3) is 5.69 Å². The van der Waals surface area contributed by atoms with Crippen molar-refractivity contribution in [3.63, 3.8) is 0 Å². The van der Waals surface area contributed by atoms with Gasteiger partial charge in [0.1, 0.15) is 0 Å². The quantitative estimate of drug-likeness (QED) is 0.648. The van der Waals surface area contributed by atoms with E-state index in [2.05, 4.69) is 15.9 Å². The van der Waals surface area contributed by atoms with Crippen molar-refractivity contribution in [3.05, 3.63) is 62.6 Å². The molecule has 0 radical (unpaired) electrons. The Labute approximate surface area is 129 Å². The number of halogens is 1. The van der Waals surface area contributed by atoms with Crippen LogP contribution < -0.4 is 5.73 Å². The first-order valence-electron chi connectivity index (χ1n) is 5.95. The Morgan fingerprint density at radius 3 is 2.60 bits per heavy atom. The van der Waals surface area contributed by atoms with Crippen LogP contribution in [-0.2, 0) is 0 Å². The number of nitro groups is 1. The first kappa shape index (κ1) is 15.0. The average Bonchev–Trinajstić information content (AvgIpc) is 2.38. The van der Waals surface area contributed by atoms with Crippen molar-refractivity contribution in [2.24, 2.45) is 5.73 Å². The first-order chi connectivity index (χ1) is 9.49. The van der Waals surface area contributed by atoms with Crippen LogP contribution >= 0.6 is 27.7 Å². The fourth-order valence-corrected chi connectivity index (χ4v) is 3.61. The Hall–Kier alpha value is -1.37. The van der Waals surface area contributed by atoms with Crippen LogP contribution in [0.4, 0.5) is 5.69 Å². The molecule has 2 aromatic carbocycles. The standard InChI is InChI=1S/C14H13BrN2O2S/c1-9(16)11-7-6-10(8-12(11)15)20-14-5-3-2-4-13(14)17(18)19/h2-9H,16H2,1H3. The molecule has 4 nitrogen and oxygen atoms in total. The Bertz CT molecular complexity index is 647. The molecular weight excluding hydrogens is 340 g/mol. The highest BCUT2D eigenvalue weighted by Gasteiger charge is 2.14. The van der Waals surface area contributed by atoms with Crippen molar-refractivity contribution in [1.29, 1.82) is 0 Å². The molecule has 0 aliphatic carbocycles. The number of para-hydroxylation sites is 1. The zero-order valence-electron chi connectivity index (χ0n) is 10.7. The lowest BCUT2D eigenvalue weighted by atomic mass is 10.1. The third-order valence-electron chi connectivity index (χ3n) is 2.75. The Balaban J connectivity index is 2.31. The number of hydrogen-bond acceptors (Lipinski definition) is 4. The lowest BCUT2D eigenvalue weighted by Gasteiger charge is -2.10. The van der Waals surface area contributed by atoms with Crippen LogP contribution in [0.3, 0.4) is 0 Å². The first-order valence-corrected chi connectivity index (χ1v) is 7.56. The fourth-order valence-electron chi connectivity index (χ4n) is 1.76. The smallest absolute Gasteiger partial charge is 0.283 e. The molecular formula is C14H13BrN2O2S. The minimum Gasteiger partial charge on any atom is -0.324 e. The van der Waals surface area contributed by atoms with E-state index in [9.17, 15) is 10.1 Å². The summed E-state index contributed by atoms with van der Waals surface area (Å²) in [5.41, 5.74) is 6.98. The molecule has 0 aliphatic rings. The summed E-state index contributed by atoms with van der Waals surface area (Å²) in [6.07, 6.45) is 0. The number of nitro benzene ring substituents is 1. The molecule has 0 saturated heterocycles. The van der Waals surface area contributed by atoms with E-state index >= 15 is 0 Å². The van der Waals surface area contributed by atoms with E-state index in [0.29, 0.717) is 4.90 Å². The van der Waals surface area contributed by atoms with Crippen LogP contribution in [-0.4, -0.2) is 4.92 Å². The number of benzene rings is 2. The van der Waals surface area contributed by atoms with E-state index in [1.807, 2.05) is 25.1 Å². The molecule has 0 saturated carbocycles. The van der Waals surface area contributed by atoms with Crippen molar-refractivity contribution >= 4 is 33.4 Å². The molecule has 20 heavy (non-hydrogen) atoms. The van der Waals surface area contributed by atoms with Crippen LogP contribution in [0.2, 0.25) is 0 Å². The van der Waals surface area contributed by atoms with Gasteiger partial charge in [-0.3, -0.25) is 10.1 Å². The number of rotatable bonds is 4. The predicted molar refractivity (Wildman–Crippen MR) is 84.0 cm³/mol. The van der Waals surface area contributed by atoms with Crippen molar-refractivity contribution in [2.75, 3.05) is 0 Å². The Morgan fingerprint density at radius 1 is 1.30 bits per heavy atom. The minimum atomic E-state index is -0.367. The molecule has 1 atom stereocenters. The van der Waals surface area contributed by atoms with Gasteiger partial charge in [0, 0.05) is 21.5 Å². The molecule has 0 aromatic heterocycles. The summed E-state index contributed by atoms with van der Waals surface area (Å²) in [7, 11) is 0. The predicted octanol–water partition coefficient (Wildman–Crippen LogP) is 4.53. The van der Waals surface area contributed by atoms with Gasteiger partial charge in [0.2, 0.25) is 0 Å². The molecule has 104 valence electrons. The van der Waals surface area contributed by atoms with E-state index in [1.54, 1.807) is 18.2 Å². The van der Waals surface area contributed by atoms with Crippen molar-refractivity contribution in [1.82, 2.24) is 0 Å². The van der Waals surface area contributed by atoms with Gasteiger partial charge >= 0.3 is 0 Å². The molecule has 2 rings (SSSR count). The van der Waals surface area contributed by atoms with E-state index in [4.69, 9.17) is 5.73 Å². The molecule has 2 N–H and O–H groups in total. The van der Waals surface area contributed by atoms with Crippen LogP contribution in [0.25, 0.3) is 0 Å². The molecule has 0 fully saturated rings. The van der Waals surface area contributed by atoms with Gasteiger partial charge in [-0.25, -0.2) is 0 Å². The summed E-state index contributed by atoms with van der Waals surface area (Å²) in [5.74, 6) is 0. The molecule has 0 spiro atoms. The van der Waals surface area contributed by atoms with Gasteiger partial charge in [-0.05, 0) is 30.7 Å². The zero-order valence-corrected chi connectivity index (χ0v) is 13.1. The minimum absolute atomic E-state index is 0.0607. The maximum atomic E-state index is 11.0. The molecule has 6 heteroatoms. The Morgan fingerprint density at radius 2 is 2.00 bits per heavy atom. The lowest BCUT2D eigenvalue weighted by molar-refractivity contribution is -0.387. The third-order valence-corrected chi connectivity index (χ3v) is 4.49. The second-order valence-corrected chi connectivity index (χ2v) is 6.27. The maximum absolute atomic E-state index is 11.0. The fraction of sp³-hybridized carbons (Fsp3) is 0.143. The van der Waals surface area contributed by atoms with E-state index in [-0.39, 0.29) is 16.7 Å². The summed E-state index contributed by atoms with van der Waals surface area (Å²) >= 11 is 4.85. The van der Waals surface area contributed by atoms with Crippen molar-refractivity contribution < 1.29 is 4.92 Å². The normalized spacial score (nSPS) is 12.2. The highest BCUT2D eigenvalue weighted by Crippen LogP contribution is 2.36. The monoisotopic (exact) mass is 352 g/mol. The van der Waals surface area contributed by atoms with E-state index in [1.165, 1.54) is 17.8 Å². The van der Waals surface area contributed by atoms with E-state index in [0.717, 1.165) is 14.9 Å². The number of nitrogens with two attached hydrogens (primary N) is 1. The van der Waals surface area contributed by atoms with Crippen molar-refractivity contribution in [3.8, 4) is 0 Å². The number of hydrogen-bond donors (Lipinski definition) is 1. The van der Waals surface area contributed by atoms with Crippen LogP contribution in [0.5, 0.6) is 0 Å². The van der Waals surface area contributed by atoms with Crippen molar-refractivity contribution in [2.45, 2.75) is 22.8 Å². The molecule has 2 aromatic rings. The molecule has 1 unspecified atom stereocenters. The maximum Gasteiger partial charge on any atom is 0.283 e. The van der Waals surface area contributed by atoms with Crippen LogP contribution in [0.1, 0.15) is 18.5 Å². The molecule has 0 bridgehead atoms. The Kier molecular flexibility index (Phi) is 4.80. The van der Waals surface area contributed by atoms with E-state index < -0.39 is 0 Å². The molecule has 0 aliphatic heterocycles. The van der Waals surface area contributed by atoms with Crippen LogP contribution in [0.15, 0.2) is 56.7 Å². The number of nitrogens with zero attached hydrogens (tertiary/aromatic N) is 1.